The number of aromatic nitrogens is 2. The van der Waals surface area contributed by atoms with Crippen LogP contribution in [-0.2, 0) is 0 Å². The molecule has 1 aromatic heterocycles. The van der Waals surface area contributed by atoms with Crippen LogP contribution in [0.15, 0.2) is 11.4 Å². The van der Waals surface area contributed by atoms with Gasteiger partial charge in [-0.1, -0.05) is 0 Å². The predicted molar refractivity (Wildman–Crippen MR) is 47.0 cm³/mol. The van der Waals surface area contributed by atoms with Crippen LogP contribution in [0.25, 0.3) is 0 Å². The molecule has 0 aliphatic heterocycles. The average Bonchev–Trinajstić information content (AvgIpc) is 2.16. The van der Waals surface area contributed by atoms with Gasteiger partial charge in [0.1, 0.15) is 6.33 Å². The van der Waals surface area contributed by atoms with Gasteiger partial charge < -0.3 is 4.74 Å². The van der Waals surface area contributed by atoms with Crippen LogP contribution in [0.1, 0.15) is 0 Å². The summed E-state index contributed by atoms with van der Waals surface area (Å²) < 4.78 is 4.74. The van der Waals surface area contributed by atoms with Crippen molar-refractivity contribution in [2.45, 2.75) is 5.03 Å². The summed E-state index contributed by atoms with van der Waals surface area (Å²) in [4.78, 5) is 17.4. The maximum atomic E-state index is 10.6. The first-order valence-corrected chi connectivity index (χ1v) is 4.50. The number of ether oxygens (including phenoxy) is 1. The molecule has 1 aromatic rings. The highest BCUT2D eigenvalue weighted by Crippen LogP contribution is 2.31. The van der Waals surface area contributed by atoms with Gasteiger partial charge in [0.05, 0.1) is 12.0 Å². The molecule has 0 atom stereocenters. The number of nitrogens with zero attached hydrogens (tertiary/aromatic N) is 3. The van der Waals surface area contributed by atoms with Crippen LogP contribution in [0.5, 0.6) is 5.88 Å². The van der Waals surface area contributed by atoms with E-state index in [1.165, 1.54) is 25.2 Å². The zero-order valence-electron chi connectivity index (χ0n) is 7.05. The molecule has 1 rings (SSSR count). The second kappa shape index (κ2) is 4.04. The molecule has 0 aromatic carbocycles. The fourth-order valence-corrected chi connectivity index (χ4v) is 1.31. The standard InChI is InChI=1S/C6H7N3O3S/c1-12-5-4(9(10)11)6(13-2)8-3-7-5/h3H,1-2H3. The molecule has 0 spiro atoms. The highest BCUT2D eigenvalue weighted by Gasteiger charge is 2.22. The van der Waals surface area contributed by atoms with Crippen molar-refractivity contribution < 1.29 is 9.66 Å². The van der Waals surface area contributed by atoms with Crippen LogP contribution in [-0.4, -0.2) is 28.3 Å². The van der Waals surface area contributed by atoms with Crippen LogP contribution >= 0.6 is 11.8 Å². The normalized spacial score (nSPS) is 9.69. The molecule has 0 unspecified atom stereocenters. The van der Waals surface area contributed by atoms with Crippen molar-refractivity contribution in [3.05, 3.63) is 16.4 Å². The summed E-state index contributed by atoms with van der Waals surface area (Å²) >= 11 is 1.18. The van der Waals surface area contributed by atoms with E-state index in [0.717, 1.165) is 0 Å². The van der Waals surface area contributed by atoms with Crippen LogP contribution in [0, 0.1) is 10.1 Å². The van der Waals surface area contributed by atoms with Gasteiger partial charge >= 0.3 is 5.69 Å². The van der Waals surface area contributed by atoms with E-state index in [1.54, 1.807) is 6.26 Å². The van der Waals surface area contributed by atoms with E-state index in [1.807, 2.05) is 0 Å². The molecule has 0 fully saturated rings. The van der Waals surface area contributed by atoms with Gasteiger partial charge in [-0.15, -0.1) is 11.8 Å². The molecule has 0 amide bonds. The molecule has 0 radical (unpaired) electrons. The molecule has 1 heterocycles. The lowest BCUT2D eigenvalue weighted by molar-refractivity contribution is -0.389. The number of hydrogen-bond acceptors (Lipinski definition) is 6. The summed E-state index contributed by atoms with van der Waals surface area (Å²) in [5, 5.41) is 10.9. The number of methoxy groups -OCH3 is 1. The Balaban J connectivity index is 3.29. The molecule has 0 aliphatic rings. The lowest BCUT2D eigenvalue weighted by atomic mass is 10.5. The zero-order chi connectivity index (χ0) is 9.84. The Kier molecular flexibility index (Phi) is 3.02. The lowest BCUT2D eigenvalue weighted by Gasteiger charge is -2.01. The minimum absolute atomic E-state index is 0.00986. The van der Waals surface area contributed by atoms with E-state index < -0.39 is 4.92 Å². The van der Waals surface area contributed by atoms with E-state index in [9.17, 15) is 10.1 Å². The first-order valence-electron chi connectivity index (χ1n) is 3.28. The average molecular weight is 201 g/mol. The Morgan fingerprint density at radius 3 is 2.77 bits per heavy atom. The fourth-order valence-electron chi connectivity index (χ4n) is 0.802. The lowest BCUT2D eigenvalue weighted by Crippen LogP contribution is -1.99. The quantitative estimate of drug-likeness (QED) is 0.315. The SMILES string of the molecule is COc1ncnc(SC)c1[N+](=O)[O-]. The van der Waals surface area contributed by atoms with E-state index >= 15 is 0 Å². The second-order valence-corrected chi connectivity index (χ2v) is 2.79. The molecule has 13 heavy (non-hydrogen) atoms. The maximum Gasteiger partial charge on any atom is 0.362 e. The van der Waals surface area contributed by atoms with E-state index in [4.69, 9.17) is 4.74 Å². The van der Waals surface area contributed by atoms with Gasteiger partial charge in [-0.3, -0.25) is 10.1 Å². The van der Waals surface area contributed by atoms with Gasteiger partial charge in [-0.25, -0.2) is 4.98 Å². The minimum atomic E-state index is -0.551. The monoisotopic (exact) mass is 201 g/mol. The van der Waals surface area contributed by atoms with Crippen LogP contribution in [0.3, 0.4) is 0 Å². The van der Waals surface area contributed by atoms with Crippen LogP contribution < -0.4 is 4.74 Å². The van der Waals surface area contributed by atoms with Gasteiger partial charge in [0.25, 0.3) is 5.88 Å². The Bertz CT molecular complexity index is 309. The summed E-state index contributed by atoms with van der Waals surface area (Å²) in [5.41, 5.74) is -0.183. The Hall–Kier alpha value is -1.37. The molecular weight excluding hydrogens is 194 g/mol. The molecule has 6 nitrogen and oxygen atoms in total. The first kappa shape index (κ1) is 9.72. The van der Waals surface area contributed by atoms with Crippen molar-refractivity contribution in [2.24, 2.45) is 0 Å². The third-order valence-corrected chi connectivity index (χ3v) is 2.01. The van der Waals surface area contributed by atoms with E-state index in [2.05, 4.69) is 9.97 Å². The molecule has 0 saturated heterocycles. The van der Waals surface area contributed by atoms with Crippen molar-refractivity contribution in [3.8, 4) is 5.88 Å². The number of nitro groups is 1. The van der Waals surface area contributed by atoms with Crippen molar-refractivity contribution in [1.82, 2.24) is 9.97 Å². The maximum absolute atomic E-state index is 10.6. The minimum Gasteiger partial charge on any atom is -0.476 e. The third-order valence-electron chi connectivity index (χ3n) is 1.32. The van der Waals surface area contributed by atoms with Gasteiger partial charge in [0.2, 0.25) is 0 Å². The second-order valence-electron chi connectivity index (χ2n) is 2.00. The largest absolute Gasteiger partial charge is 0.476 e. The number of hydrogen-bond donors (Lipinski definition) is 0. The van der Waals surface area contributed by atoms with Crippen LogP contribution in [0.4, 0.5) is 5.69 Å². The topological polar surface area (TPSA) is 78.2 Å². The van der Waals surface area contributed by atoms with Crippen molar-refractivity contribution in [1.29, 1.82) is 0 Å². The third kappa shape index (κ3) is 1.86. The Morgan fingerprint density at radius 1 is 1.62 bits per heavy atom. The summed E-state index contributed by atoms with van der Waals surface area (Å²) in [6.45, 7) is 0. The molecule has 0 saturated carbocycles. The van der Waals surface area contributed by atoms with Gasteiger partial charge in [0, 0.05) is 0 Å². The zero-order valence-corrected chi connectivity index (χ0v) is 7.87. The van der Waals surface area contributed by atoms with Gasteiger partial charge in [-0.05, 0) is 6.26 Å². The molecule has 7 heteroatoms. The van der Waals surface area contributed by atoms with Crippen molar-refractivity contribution >= 4 is 17.4 Å². The summed E-state index contributed by atoms with van der Waals surface area (Å²) in [7, 11) is 1.33. The van der Waals surface area contributed by atoms with Crippen molar-refractivity contribution in [2.75, 3.05) is 13.4 Å². The van der Waals surface area contributed by atoms with E-state index in [-0.39, 0.29) is 11.6 Å². The van der Waals surface area contributed by atoms with Gasteiger partial charge in [0.15, 0.2) is 5.03 Å². The Labute approximate surface area is 78.5 Å². The Morgan fingerprint density at radius 2 is 2.31 bits per heavy atom. The van der Waals surface area contributed by atoms with Gasteiger partial charge in [-0.2, -0.15) is 4.98 Å². The molecule has 0 bridgehead atoms. The van der Waals surface area contributed by atoms with Crippen molar-refractivity contribution in [3.63, 3.8) is 0 Å². The van der Waals surface area contributed by atoms with E-state index in [0.29, 0.717) is 5.03 Å². The predicted octanol–water partition coefficient (Wildman–Crippen LogP) is 1.12. The summed E-state index contributed by atoms with van der Waals surface area (Å²) in [5.74, 6) is -0.00986. The highest BCUT2D eigenvalue weighted by molar-refractivity contribution is 7.98. The molecule has 70 valence electrons. The smallest absolute Gasteiger partial charge is 0.362 e. The molecular formula is C6H7N3O3S. The summed E-state index contributed by atoms with van der Waals surface area (Å²) in [6, 6.07) is 0. The molecule has 0 N–H and O–H groups in total. The summed E-state index contributed by atoms with van der Waals surface area (Å²) in [6.07, 6.45) is 2.94. The van der Waals surface area contributed by atoms with Crippen LogP contribution in [0.2, 0.25) is 0 Å². The number of thioether (sulfide) groups is 1. The molecule has 0 aliphatic carbocycles. The highest BCUT2D eigenvalue weighted by atomic mass is 32.2. The fraction of sp³-hybridized carbons (Fsp3) is 0.333. The first-order chi connectivity index (χ1) is 6.20. The number of rotatable bonds is 3.